The lowest BCUT2D eigenvalue weighted by atomic mass is 9.96. The van der Waals surface area contributed by atoms with Gasteiger partial charge in [0.05, 0.1) is 17.1 Å². The number of fused-ring (bicyclic) bond motifs is 3. The second-order valence-electron chi connectivity index (χ2n) is 17.2. The Morgan fingerprint density at radius 3 is 2.22 bits per heavy atom. The number of halogens is 5. The second kappa shape index (κ2) is 17.0. The van der Waals surface area contributed by atoms with Crippen LogP contribution in [0, 0.1) is 0 Å². The molecule has 3 N–H and O–H groups in total. The van der Waals surface area contributed by atoms with Gasteiger partial charge in [-0.1, -0.05) is 23.2 Å². The third-order valence-electron chi connectivity index (χ3n) is 8.98. The Hall–Kier alpha value is -4.48. The highest BCUT2D eigenvalue weighted by Crippen LogP contribution is 2.38. The summed E-state index contributed by atoms with van der Waals surface area (Å²) in [6.07, 6.45) is -6.61. The van der Waals surface area contributed by atoms with E-state index in [2.05, 4.69) is 30.5 Å². The molecule has 5 rings (SSSR count). The van der Waals surface area contributed by atoms with Crippen LogP contribution in [0.1, 0.15) is 85.3 Å². The van der Waals surface area contributed by atoms with Crippen LogP contribution < -0.4 is 15.5 Å². The molecular weight excluding hydrogens is 804 g/mol. The first-order chi connectivity index (χ1) is 26.8. The van der Waals surface area contributed by atoms with E-state index in [1.807, 2.05) is 12.1 Å². The second-order valence-corrected chi connectivity index (χ2v) is 18.0. The van der Waals surface area contributed by atoms with Crippen molar-refractivity contribution in [3.05, 3.63) is 57.3 Å². The zero-order valence-corrected chi connectivity index (χ0v) is 35.6. The van der Waals surface area contributed by atoms with Gasteiger partial charge in [0.2, 0.25) is 5.96 Å². The van der Waals surface area contributed by atoms with Gasteiger partial charge in [0.25, 0.3) is 0 Å². The standard InChI is InChI=1S/C39H51Cl2F3N8O6/c1-36(2,3)56-33(53)48-32(49-34(54)57-37(4,5)6)45-19-28-30-24(25-18-22(40)10-12-27(25)46-30)14-15-50(28)20-23-21-51(35(55)58-38(7,8)9)16-17-52(23)29-13-11-26(41)31(47-29)39(42,43)44/h10-13,18,23,28,46H,14-17,19-21H2,1-9H3,(H2,45,48,49,53,54). The maximum absolute atomic E-state index is 14.0. The smallest absolute Gasteiger partial charge is 0.437 e. The first kappa shape index (κ1) is 44.6. The van der Waals surface area contributed by atoms with Gasteiger partial charge in [0.15, 0.2) is 5.69 Å². The van der Waals surface area contributed by atoms with E-state index in [4.69, 9.17) is 37.4 Å². The third-order valence-corrected chi connectivity index (χ3v) is 9.52. The molecule has 0 bridgehead atoms. The number of rotatable bonds is 5. The predicted molar refractivity (Wildman–Crippen MR) is 216 cm³/mol. The van der Waals surface area contributed by atoms with Crippen LogP contribution in [0.25, 0.3) is 10.9 Å². The molecule has 3 aromatic rings. The van der Waals surface area contributed by atoms with Crippen molar-refractivity contribution in [2.24, 2.45) is 4.99 Å². The van der Waals surface area contributed by atoms with Gasteiger partial charge in [-0.2, -0.15) is 13.2 Å². The maximum Gasteiger partial charge on any atom is 0.437 e. The molecule has 2 aromatic heterocycles. The number of anilines is 1. The zero-order chi connectivity index (χ0) is 43.0. The summed E-state index contributed by atoms with van der Waals surface area (Å²) >= 11 is 12.4. The van der Waals surface area contributed by atoms with Gasteiger partial charge in [0.1, 0.15) is 22.6 Å². The lowest BCUT2D eigenvalue weighted by Crippen LogP contribution is -2.60. The number of hydrogen-bond acceptors (Lipinski definition) is 9. The number of alkyl halides is 3. The molecule has 1 saturated heterocycles. The summed E-state index contributed by atoms with van der Waals surface area (Å²) in [7, 11) is 0. The molecular formula is C39H51Cl2F3N8O6. The number of nitrogens with one attached hydrogen (secondary N) is 3. The number of benzene rings is 1. The molecule has 1 aromatic carbocycles. The van der Waals surface area contributed by atoms with Gasteiger partial charge in [-0.15, -0.1) is 4.99 Å². The van der Waals surface area contributed by atoms with Crippen molar-refractivity contribution in [2.75, 3.05) is 44.2 Å². The number of piperazine rings is 1. The number of carbonyl (C=O) groups excluding carboxylic acids is 3. The first-order valence-electron chi connectivity index (χ1n) is 18.8. The van der Waals surface area contributed by atoms with Gasteiger partial charge < -0.3 is 34.3 Å². The molecule has 58 heavy (non-hydrogen) atoms. The number of amides is 3. The summed E-state index contributed by atoms with van der Waals surface area (Å²) in [5.41, 5.74) is -1.10. The van der Waals surface area contributed by atoms with Crippen molar-refractivity contribution in [1.29, 1.82) is 0 Å². The number of aliphatic imine (C=N–C) groups is 1. The number of guanidine groups is 1. The Labute approximate surface area is 345 Å². The zero-order valence-electron chi connectivity index (χ0n) is 34.1. The minimum atomic E-state index is -4.80. The monoisotopic (exact) mass is 854 g/mol. The number of nitrogens with zero attached hydrogens (tertiary/aromatic N) is 5. The molecule has 2 aliphatic heterocycles. The van der Waals surface area contributed by atoms with Crippen LogP contribution in [0.15, 0.2) is 35.3 Å². The Morgan fingerprint density at radius 2 is 1.59 bits per heavy atom. The summed E-state index contributed by atoms with van der Waals surface area (Å²) in [5.74, 6) is -0.179. The molecule has 2 aliphatic rings. The lowest BCUT2D eigenvalue weighted by molar-refractivity contribution is -0.141. The third kappa shape index (κ3) is 11.8. The van der Waals surface area contributed by atoms with E-state index in [1.54, 1.807) is 73.3 Å². The minimum absolute atomic E-state index is 0.0477. The van der Waals surface area contributed by atoms with Gasteiger partial charge >= 0.3 is 24.5 Å². The molecule has 0 aliphatic carbocycles. The van der Waals surface area contributed by atoms with Crippen molar-refractivity contribution in [3.63, 3.8) is 0 Å². The molecule has 318 valence electrons. The highest BCUT2D eigenvalue weighted by molar-refractivity contribution is 6.31. The van der Waals surface area contributed by atoms with Crippen LogP contribution in [0.5, 0.6) is 0 Å². The quantitative estimate of drug-likeness (QED) is 0.130. The van der Waals surface area contributed by atoms with Gasteiger partial charge in [-0.05, 0) is 105 Å². The molecule has 0 saturated carbocycles. The number of alkyl carbamates (subject to hydrolysis) is 1. The van der Waals surface area contributed by atoms with Gasteiger partial charge in [0, 0.05) is 60.9 Å². The average molecular weight is 856 g/mol. The number of H-pyrrole nitrogens is 1. The van der Waals surface area contributed by atoms with Gasteiger partial charge in [-0.25, -0.2) is 19.4 Å². The van der Waals surface area contributed by atoms with Crippen molar-refractivity contribution < 1.29 is 41.8 Å². The molecule has 1 fully saturated rings. The molecule has 14 nitrogen and oxygen atoms in total. The van der Waals surface area contributed by atoms with Crippen molar-refractivity contribution in [1.82, 2.24) is 30.4 Å². The molecule has 0 radical (unpaired) electrons. The molecule has 4 heterocycles. The van der Waals surface area contributed by atoms with Crippen molar-refractivity contribution in [3.8, 4) is 0 Å². The van der Waals surface area contributed by atoms with Crippen LogP contribution in [0.3, 0.4) is 0 Å². The highest BCUT2D eigenvalue weighted by Gasteiger charge is 2.40. The Kier molecular flexibility index (Phi) is 13.1. The van der Waals surface area contributed by atoms with Crippen LogP contribution >= 0.6 is 23.2 Å². The largest absolute Gasteiger partial charge is 0.444 e. The molecule has 3 amide bonds. The number of pyridine rings is 1. The maximum atomic E-state index is 14.0. The summed E-state index contributed by atoms with van der Waals surface area (Å²) in [5, 5.41) is 6.58. The fraction of sp³-hybridized carbons (Fsp3) is 0.564. The van der Waals surface area contributed by atoms with E-state index in [-0.39, 0.29) is 44.5 Å². The number of carbonyl (C=O) groups is 3. The molecule has 2 atom stereocenters. The minimum Gasteiger partial charge on any atom is -0.444 e. The predicted octanol–water partition coefficient (Wildman–Crippen LogP) is 8.32. The van der Waals surface area contributed by atoms with E-state index in [9.17, 15) is 27.6 Å². The van der Waals surface area contributed by atoms with Crippen LogP contribution in [0.4, 0.5) is 33.4 Å². The molecule has 19 heteroatoms. The lowest BCUT2D eigenvalue weighted by Gasteiger charge is -2.46. The van der Waals surface area contributed by atoms with Crippen LogP contribution in [-0.2, 0) is 26.8 Å². The summed E-state index contributed by atoms with van der Waals surface area (Å²) in [6.45, 7) is 16.5. The Morgan fingerprint density at radius 1 is 0.914 bits per heavy atom. The topological polar surface area (TPSA) is 154 Å². The fourth-order valence-corrected chi connectivity index (χ4v) is 7.17. The number of hydrogen-bond donors (Lipinski definition) is 3. The highest BCUT2D eigenvalue weighted by atomic mass is 35.5. The van der Waals surface area contributed by atoms with Gasteiger partial charge in [-0.3, -0.25) is 10.2 Å². The summed E-state index contributed by atoms with van der Waals surface area (Å²) in [6, 6.07) is 7.02. The van der Waals surface area contributed by atoms with Crippen molar-refractivity contribution in [2.45, 2.75) is 104 Å². The van der Waals surface area contributed by atoms with Crippen LogP contribution in [0.2, 0.25) is 10.0 Å². The molecule has 2 unspecified atom stereocenters. The SMILES string of the molecule is CC(C)(C)OC(=O)/N=C(\NCC1c2[nH]c3ccc(Cl)cc3c2CCN1CC1CN(C(=O)OC(C)(C)C)CCN1c1ccc(Cl)c(C(F)(F)F)n1)NC(=O)OC(C)(C)C. The number of aromatic amines is 1. The van der Waals surface area contributed by atoms with E-state index < -0.39 is 64.1 Å². The number of aromatic nitrogens is 2. The molecule has 0 spiro atoms. The fourth-order valence-electron chi connectivity index (χ4n) is 6.79. The Balaban J connectivity index is 1.54. The van der Waals surface area contributed by atoms with Crippen molar-refractivity contribution >= 4 is 64.2 Å². The summed E-state index contributed by atoms with van der Waals surface area (Å²) in [4.78, 5) is 56.1. The van der Waals surface area contributed by atoms with E-state index in [0.29, 0.717) is 18.0 Å². The number of ether oxygens (including phenoxy) is 3. The summed E-state index contributed by atoms with van der Waals surface area (Å²) < 4.78 is 58.6. The van der Waals surface area contributed by atoms with Crippen LogP contribution in [-0.4, -0.2) is 106 Å². The average Bonchev–Trinajstić information content (AvgIpc) is 3.42. The van der Waals surface area contributed by atoms with E-state index >= 15 is 0 Å². The normalized spacial score (nSPS) is 18.5. The van der Waals surface area contributed by atoms with E-state index in [0.717, 1.165) is 22.2 Å². The Bertz CT molecular complexity index is 2040. The first-order valence-corrected chi connectivity index (χ1v) is 19.6. The van der Waals surface area contributed by atoms with E-state index in [1.165, 1.54) is 17.0 Å².